The predicted molar refractivity (Wildman–Crippen MR) is 161 cm³/mol. The van der Waals surface area contributed by atoms with Crippen molar-refractivity contribution in [1.29, 1.82) is 0 Å². The molecule has 8 aromatic rings. The van der Waals surface area contributed by atoms with Crippen molar-refractivity contribution < 1.29 is 4.74 Å². The maximum Gasteiger partial charge on any atom is 0.119 e. The molecule has 186 valence electrons. The van der Waals surface area contributed by atoms with Gasteiger partial charge in [-0.05, 0) is 95.7 Å². The molecule has 0 saturated heterocycles. The summed E-state index contributed by atoms with van der Waals surface area (Å²) in [6, 6.07) is 43.3. The highest BCUT2D eigenvalue weighted by atomic mass is 16.5. The van der Waals surface area contributed by atoms with Gasteiger partial charge >= 0.3 is 0 Å². The molecule has 0 aliphatic rings. The van der Waals surface area contributed by atoms with Crippen LogP contribution in [-0.2, 0) is 0 Å². The first kappa shape index (κ1) is 21.8. The summed E-state index contributed by atoms with van der Waals surface area (Å²) in [5.74, 6) is 0.850. The van der Waals surface area contributed by atoms with E-state index in [9.17, 15) is 0 Å². The molecule has 4 heteroatoms. The summed E-state index contributed by atoms with van der Waals surface area (Å²) in [5, 5.41) is 4.91. The second-order valence-corrected chi connectivity index (χ2v) is 9.93. The summed E-state index contributed by atoms with van der Waals surface area (Å²) in [5.41, 5.74) is 8.15. The van der Waals surface area contributed by atoms with Gasteiger partial charge in [-0.1, -0.05) is 36.4 Å². The fourth-order valence-corrected chi connectivity index (χ4v) is 5.92. The Bertz CT molecular complexity index is 2030. The molecule has 0 N–H and O–H groups in total. The van der Waals surface area contributed by atoms with E-state index in [1.807, 2.05) is 12.1 Å². The van der Waals surface area contributed by atoms with Gasteiger partial charge in [0, 0.05) is 40.2 Å². The van der Waals surface area contributed by atoms with Crippen LogP contribution < -0.4 is 4.74 Å². The molecule has 0 saturated carbocycles. The zero-order valence-corrected chi connectivity index (χ0v) is 21.5. The summed E-state index contributed by atoms with van der Waals surface area (Å²) in [6.07, 6.45) is 4.32. The lowest BCUT2D eigenvalue weighted by molar-refractivity contribution is 0.415. The van der Waals surface area contributed by atoms with E-state index >= 15 is 0 Å². The average molecular weight is 504 g/mol. The van der Waals surface area contributed by atoms with Crippen molar-refractivity contribution in [3.8, 4) is 22.8 Å². The molecule has 0 bridgehead atoms. The molecular formula is C35H25N3O. The molecule has 0 fully saturated rings. The van der Waals surface area contributed by atoms with Crippen molar-refractivity contribution in [2.75, 3.05) is 7.11 Å². The molecule has 0 spiro atoms. The van der Waals surface area contributed by atoms with Gasteiger partial charge in [0.2, 0.25) is 0 Å². The van der Waals surface area contributed by atoms with E-state index in [-0.39, 0.29) is 0 Å². The van der Waals surface area contributed by atoms with Gasteiger partial charge in [0.1, 0.15) is 5.75 Å². The second-order valence-electron chi connectivity index (χ2n) is 9.93. The molecule has 0 aliphatic carbocycles. The normalized spacial score (nSPS) is 11.7. The Balaban J connectivity index is 1.41. The van der Waals surface area contributed by atoms with E-state index in [0.29, 0.717) is 0 Å². The van der Waals surface area contributed by atoms with Crippen LogP contribution in [0.3, 0.4) is 0 Å². The first-order valence-corrected chi connectivity index (χ1v) is 13.1. The lowest BCUT2D eigenvalue weighted by Crippen LogP contribution is -1.95. The summed E-state index contributed by atoms with van der Waals surface area (Å²) in [4.78, 5) is 0. The number of para-hydroxylation sites is 2. The molecule has 3 heterocycles. The fraction of sp³-hybridized carbons (Fsp3) is 0.0286. The van der Waals surface area contributed by atoms with Crippen LogP contribution in [0.4, 0.5) is 0 Å². The van der Waals surface area contributed by atoms with Crippen LogP contribution in [0, 0.1) is 0 Å². The predicted octanol–water partition coefficient (Wildman–Crippen LogP) is 8.68. The zero-order valence-electron chi connectivity index (χ0n) is 21.5. The van der Waals surface area contributed by atoms with E-state index in [2.05, 4.69) is 135 Å². The van der Waals surface area contributed by atoms with Crippen molar-refractivity contribution >= 4 is 43.6 Å². The van der Waals surface area contributed by atoms with E-state index < -0.39 is 0 Å². The zero-order chi connectivity index (χ0) is 25.9. The quantitative estimate of drug-likeness (QED) is 0.236. The third kappa shape index (κ3) is 3.32. The van der Waals surface area contributed by atoms with Crippen molar-refractivity contribution in [1.82, 2.24) is 13.7 Å². The second kappa shape index (κ2) is 8.40. The number of rotatable bonds is 4. The smallest absolute Gasteiger partial charge is 0.119 e. The first-order valence-electron chi connectivity index (χ1n) is 13.1. The van der Waals surface area contributed by atoms with Gasteiger partial charge < -0.3 is 18.4 Å². The SMILES string of the molecule is COc1ccc(-n2c3ccc(-n4ccc5ccccc54)cc3c3cc(-n4ccc5ccccc54)ccc32)cc1. The number of aromatic nitrogens is 3. The van der Waals surface area contributed by atoms with Gasteiger partial charge in [0.15, 0.2) is 0 Å². The van der Waals surface area contributed by atoms with E-state index in [4.69, 9.17) is 4.74 Å². The minimum absolute atomic E-state index is 0.850. The first-order chi connectivity index (χ1) is 19.3. The van der Waals surface area contributed by atoms with Gasteiger partial charge in [0.05, 0.1) is 29.2 Å². The molecule has 39 heavy (non-hydrogen) atoms. The number of ether oxygens (including phenoxy) is 1. The Morgan fingerprint density at radius 1 is 0.462 bits per heavy atom. The maximum atomic E-state index is 5.43. The monoisotopic (exact) mass is 503 g/mol. The number of methoxy groups -OCH3 is 1. The number of hydrogen-bond donors (Lipinski definition) is 0. The molecule has 8 rings (SSSR count). The molecular weight excluding hydrogens is 478 g/mol. The summed E-state index contributed by atoms with van der Waals surface area (Å²) in [7, 11) is 1.70. The fourth-order valence-electron chi connectivity index (χ4n) is 5.92. The highest BCUT2D eigenvalue weighted by Gasteiger charge is 2.16. The van der Waals surface area contributed by atoms with Crippen molar-refractivity contribution in [3.05, 3.63) is 134 Å². The van der Waals surface area contributed by atoms with Crippen molar-refractivity contribution in [2.45, 2.75) is 0 Å². The minimum Gasteiger partial charge on any atom is -0.497 e. The molecule has 5 aromatic carbocycles. The highest BCUT2D eigenvalue weighted by Crippen LogP contribution is 2.36. The Labute approximate surface area is 225 Å². The van der Waals surface area contributed by atoms with Crippen LogP contribution in [0.2, 0.25) is 0 Å². The summed E-state index contributed by atoms with van der Waals surface area (Å²) >= 11 is 0. The van der Waals surface area contributed by atoms with Crippen molar-refractivity contribution in [2.24, 2.45) is 0 Å². The molecule has 0 radical (unpaired) electrons. The topological polar surface area (TPSA) is 24.0 Å². The molecule has 0 atom stereocenters. The van der Waals surface area contributed by atoms with E-state index in [1.165, 1.54) is 43.6 Å². The molecule has 0 unspecified atom stereocenters. The standard InChI is InChI=1S/C35H25N3O/c1-39-29-14-10-26(11-15-29)38-34-16-12-27(36-20-18-24-6-2-4-8-32(24)36)22-30(34)31-23-28(13-17-35(31)38)37-21-19-25-7-3-5-9-33(25)37/h2-23H,1H3. The molecule has 3 aromatic heterocycles. The number of nitrogens with zero attached hydrogens (tertiary/aromatic N) is 3. The Kier molecular flexibility index (Phi) is 4.70. The summed E-state index contributed by atoms with van der Waals surface area (Å²) < 4.78 is 12.3. The van der Waals surface area contributed by atoms with Crippen LogP contribution >= 0.6 is 0 Å². The average Bonchev–Trinajstić information content (AvgIpc) is 3.70. The van der Waals surface area contributed by atoms with Crippen LogP contribution in [0.1, 0.15) is 0 Å². The molecule has 4 nitrogen and oxygen atoms in total. The third-order valence-corrected chi connectivity index (χ3v) is 7.82. The van der Waals surface area contributed by atoms with Crippen LogP contribution in [-0.4, -0.2) is 20.8 Å². The lowest BCUT2D eigenvalue weighted by atomic mass is 10.1. The summed E-state index contributed by atoms with van der Waals surface area (Å²) in [6.45, 7) is 0. The largest absolute Gasteiger partial charge is 0.497 e. The van der Waals surface area contributed by atoms with Crippen molar-refractivity contribution in [3.63, 3.8) is 0 Å². The maximum absolute atomic E-state index is 5.43. The number of benzene rings is 5. The number of hydrogen-bond acceptors (Lipinski definition) is 1. The third-order valence-electron chi connectivity index (χ3n) is 7.82. The van der Waals surface area contributed by atoms with Gasteiger partial charge in [-0.25, -0.2) is 0 Å². The number of fused-ring (bicyclic) bond motifs is 5. The Morgan fingerprint density at radius 2 is 0.949 bits per heavy atom. The van der Waals surface area contributed by atoms with Gasteiger partial charge in [-0.3, -0.25) is 0 Å². The molecule has 0 amide bonds. The van der Waals surface area contributed by atoms with Crippen LogP contribution in [0.15, 0.2) is 134 Å². The molecule has 0 aliphatic heterocycles. The van der Waals surface area contributed by atoms with Gasteiger partial charge in [0.25, 0.3) is 0 Å². The lowest BCUT2D eigenvalue weighted by Gasteiger charge is -2.10. The highest BCUT2D eigenvalue weighted by molar-refractivity contribution is 6.10. The van der Waals surface area contributed by atoms with E-state index in [1.54, 1.807) is 7.11 Å². The van der Waals surface area contributed by atoms with Gasteiger partial charge in [-0.15, -0.1) is 0 Å². The van der Waals surface area contributed by atoms with Crippen LogP contribution in [0.5, 0.6) is 5.75 Å². The Morgan fingerprint density at radius 3 is 1.46 bits per heavy atom. The minimum atomic E-state index is 0.850. The van der Waals surface area contributed by atoms with Crippen LogP contribution in [0.25, 0.3) is 60.7 Å². The van der Waals surface area contributed by atoms with Gasteiger partial charge in [-0.2, -0.15) is 0 Å². The Hall–Kier alpha value is -5.22. The van der Waals surface area contributed by atoms with E-state index in [0.717, 1.165) is 22.8 Å².